The molecule has 0 spiro atoms. The van der Waals surface area contributed by atoms with Gasteiger partial charge in [0.1, 0.15) is 0 Å². The maximum Gasteiger partial charge on any atom is 0.323 e. The summed E-state index contributed by atoms with van der Waals surface area (Å²) in [7, 11) is 0. The second-order valence-corrected chi connectivity index (χ2v) is 5.49. The summed E-state index contributed by atoms with van der Waals surface area (Å²) in [5.41, 5.74) is 5.51. The van der Waals surface area contributed by atoms with Gasteiger partial charge < -0.3 is 15.5 Å². The van der Waals surface area contributed by atoms with Crippen molar-refractivity contribution >= 4 is 11.9 Å². The van der Waals surface area contributed by atoms with Crippen molar-refractivity contribution in [1.29, 1.82) is 0 Å². The van der Waals surface area contributed by atoms with Gasteiger partial charge in [0, 0.05) is 0 Å². The Bertz CT molecular complexity index is 688. The number of primary amides is 1. The third-order valence-corrected chi connectivity index (χ3v) is 4.21. The van der Waals surface area contributed by atoms with Crippen LogP contribution in [0.5, 0.6) is 5.88 Å². The number of aromatic nitrogens is 2. The number of H-pyrrole nitrogens is 1. The molecule has 0 radical (unpaired) electrons. The van der Waals surface area contributed by atoms with Crippen LogP contribution >= 0.6 is 0 Å². The smallest absolute Gasteiger partial charge is 0.323 e. The summed E-state index contributed by atoms with van der Waals surface area (Å²) >= 11 is 0. The Balaban J connectivity index is 1.91. The summed E-state index contributed by atoms with van der Waals surface area (Å²) in [6.07, 6.45) is 4.67. The maximum atomic E-state index is 12.8. The topological polar surface area (TPSA) is 98.1 Å². The normalized spacial score (nSPS) is 16.4. The summed E-state index contributed by atoms with van der Waals surface area (Å²) in [6.45, 7) is 0. The molecule has 3 rings (SSSR count). The Kier molecular flexibility index (Phi) is 3.66. The Hall–Kier alpha value is -2.63. The summed E-state index contributed by atoms with van der Waals surface area (Å²) in [6, 6.07) is 9.60. The first-order chi connectivity index (χ1) is 10.6. The van der Waals surface area contributed by atoms with Crippen LogP contribution in [-0.4, -0.2) is 21.8 Å². The summed E-state index contributed by atoms with van der Waals surface area (Å²) < 4.78 is 5.41. The minimum absolute atomic E-state index is 0.00885. The number of nitrogens with two attached hydrogens (primary N) is 1. The molecule has 0 aliphatic heterocycles. The van der Waals surface area contributed by atoms with E-state index in [2.05, 4.69) is 9.97 Å². The molecule has 1 amide bonds. The van der Waals surface area contributed by atoms with E-state index < -0.39 is 11.3 Å². The van der Waals surface area contributed by atoms with Crippen LogP contribution in [-0.2, 0) is 10.2 Å². The van der Waals surface area contributed by atoms with Crippen LogP contribution in [0.1, 0.15) is 41.7 Å². The van der Waals surface area contributed by atoms with Gasteiger partial charge in [-0.05, 0) is 18.4 Å². The predicted octanol–water partition coefficient (Wildman–Crippen LogP) is 1.93. The average molecular weight is 299 g/mol. The van der Waals surface area contributed by atoms with Crippen LogP contribution in [0.3, 0.4) is 0 Å². The van der Waals surface area contributed by atoms with E-state index in [1.54, 1.807) is 0 Å². The molecule has 1 saturated carbocycles. The summed E-state index contributed by atoms with van der Waals surface area (Å²) in [5, 5.41) is 0. The number of rotatable bonds is 4. The van der Waals surface area contributed by atoms with Gasteiger partial charge in [-0.15, -0.1) is 0 Å². The lowest BCUT2D eigenvalue weighted by Crippen LogP contribution is -2.37. The van der Waals surface area contributed by atoms with Gasteiger partial charge in [-0.1, -0.05) is 43.2 Å². The first kappa shape index (κ1) is 14.3. The number of esters is 1. The van der Waals surface area contributed by atoms with E-state index >= 15 is 0 Å². The molecule has 1 fully saturated rings. The third kappa shape index (κ3) is 2.36. The summed E-state index contributed by atoms with van der Waals surface area (Å²) in [4.78, 5) is 30.5. The number of nitrogens with zero attached hydrogens (tertiary/aromatic N) is 1. The van der Waals surface area contributed by atoms with Crippen molar-refractivity contribution in [3.05, 3.63) is 47.9 Å². The number of imidazole rings is 1. The number of benzene rings is 1. The molecule has 1 aliphatic rings. The Morgan fingerprint density at radius 1 is 1.18 bits per heavy atom. The molecular weight excluding hydrogens is 282 g/mol. The van der Waals surface area contributed by atoms with Crippen LogP contribution in [0.15, 0.2) is 36.7 Å². The lowest BCUT2D eigenvalue weighted by atomic mass is 9.79. The number of hydrogen-bond acceptors (Lipinski definition) is 4. The van der Waals surface area contributed by atoms with E-state index in [9.17, 15) is 9.59 Å². The van der Waals surface area contributed by atoms with Crippen molar-refractivity contribution in [3.8, 4) is 5.88 Å². The van der Waals surface area contributed by atoms with Crippen LogP contribution in [0.2, 0.25) is 0 Å². The minimum atomic E-state index is -0.708. The molecule has 0 saturated heterocycles. The van der Waals surface area contributed by atoms with E-state index in [-0.39, 0.29) is 17.5 Å². The molecule has 3 N–H and O–H groups in total. The standard InChI is InChI=1S/C16H17N3O3/c17-13(20)12-14(19-10-18-12)22-15(21)16(8-4-5-9-16)11-6-2-1-3-7-11/h1-3,6-7,10H,4-5,8-9H2,(H2,17,20)(H,18,19). The molecule has 1 aromatic carbocycles. The fourth-order valence-electron chi connectivity index (χ4n) is 3.07. The molecule has 22 heavy (non-hydrogen) atoms. The second kappa shape index (κ2) is 5.63. The van der Waals surface area contributed by atoms with Crippen molar-refractivity contribution in [2.75, 3.05) is 0 Å². The van der Waals surface area contributed by atoms with Crippen LogP contribution in [0.4, 0.5) is 0 Å². The SMILES string of the molecule is NC(=O)c1[nH]cnc1OC(=O)C1(c2ccccc2)CCCC1. The van der Waals surface area contributed by atoms with Gasteiger partial charge in [0.15, 0.2) is 5.69 Å². The number of amides is 1. The molecular formula is C16H17N3O3. The van der Waals surface area contributed by atoms with Gasteiger partial charge in [0.2, 0.25) is 0 Å². The minimum Gasteiger partial charge on any atom is -0.404 e. The van der Waals surface area contributed by atoms with Gasteiger partial charge in [0.05, 0.1) is 11.7 Å². The Morgan fingerprint density at radius 2 is 1.86 bits per heavy atom. The lowest BCUT2D eigenvalue weighted by Gasteiger charge is -2.26. The number of ether oxygens (including phenoxy) is 1. The molecule has 1 heterocycles. The first-order valence-corrected chi connectivity index (χ1v) is 7.24. The highest BCUT2D eigenvalue weighted by atomic mass is 16.5. The van der Waals surface area contributed by atoms with Gasteiger partial charge in [-0.25, -0.2) is 4.98 Å². The molecule has 114 valence electrons. The number of nitrogens with one attached hydrogen (secondary N) is 1. The monoisotopic (exact) mass is 299 g/mol. The Morgan fingerprint density at radius 3 is 2.50 bits per heavy atom. The van der Waals surface area contributed by atoms with E-state index in [0.29, 0.717) is 0 Å². The molecule has 6 heteroatoms. The van der Waals surface area contributed by atoms with Gasteiger partial charge in [0.25, 0.3) is 11.8 Å². The average Bonchev–Trinajstić information content (AvgIpc) is 3.17. The zero-order valence-corrected chi connectivity index (χ0v) is 12.0. The van der Waals surface area contributed by atoms with Crippen LogP contribution < -0.4 is 10.5 Å². The number of carbonyl (C=O) groups excluding carboxylic acids is 2. The first-order valence-electron chi connectivity index (χ1n) is 7.24. The van der Waals surface area contributed by atoms with Crippen molar-refractivity contribution in [3.63, 3.8) is 0 Å². The lowest BCUT2D eigenvalue weighted by molar-refractivity contribution is -0.141. The van der Waals surface area contributed by atoms with Crippen molar-refractivity contribution in [1.82, 2.24) is 9.97 Å². The number of hydrogen-bond donors (Lipinski definition) is 2. The van der Waals surface area contributed by atoms with Gasteiger partial charge in [-0.3, -0.25) is 9.59 Å². The van der Waals surface area contributed by atoms with Gasteiger partial charge >= 0.3 is 5.97 Å². The van der Waals surface area contributed by atoms with Crippen LogP contribution in [0, 0.1) is 0 Å². The van der Waals surface area contributed by atoms with E-state index in [0.717, 1.165) is 31.2 Å². The third-order valence-electron chi connectivity index (χ3n) is 4.21. The fraction of sp³-hybridized carbons (Fsp3) is 0.312. The number of aromatic amines is 1. The largest absolute Gasteiger partial charge is 0.404 e. The molecule has 6 nitrogen and oxygen atoms in total. The molecule has 1 aliphatic carbocycles. The fourth-order valence-corrected chi connectivity index (χ4v) is 3.07. The molecule has 1 aromatic heterocycles. The van der Waals surface area contributed by atoms with Crippen LogP contribution in [0.25, 0.3) is 0 Å². The molecule has 0 atom stereocenters. The quantitative estimate of drug-likeness (QED) is 0.843. The molecule has 0 bridgehead atoms. The van der Waals surface area contributed by atoms with E-state index in [4.69, 9.17) is 10.5 Å². The van der Waals surface area contributed by atoms with Gasteiger partial charge in [-0.2, -0.15) is 0 Å². The van der Waals surface area contributed by atoms with Crippen molar-refractivity contribution < 1.29 is 14.3 Å². The molecule has 2 aromatic rings. The molecule has 0 unspecified atom stereocenters. The second-order valence-electron chi connectivity index (χ2n) is 5.49. The van der Waals surface area contributed by atoms with E-state index in [1.807, 2.05) is 30.3 Å². The zero-order valence-electron chi connectivity index (χ0n) is 12.0. The summed E-state index contributed by atoms with van der Waals surface area (Å²) in [5.74, 6) is -1.15. The highest BCUT2D eigenvalue weighted by Gasteiger charge is 2.44. The highest BCUT2D eigenvalue weighted by molar-refractivity contribution is 5.94. The number of carbonyl (C=O) groups is 2. The van der Waals surface area contributed by atoms with E-state index in [1.165, 1.54) is 6.33 Å². The predicted molar refractivity (Wildman–Crippen MR) is 79.3 cm³/mol. The van der Waals surface area contributed by atoms with Crippen molar-refractivity contribution in [2.24, 2.45) is 5.73 Å². The Labute approximate surface area is 127 Å². The maximum absolute atomic E-state index is 12.8. The highest BCUT2D eigenvalue weighted by Crippen LogP contribution is 2.42. The zero-order chi connectivity index (χ0) is 15.6. The van der Waals surface area contributed by atoms with Crippen molar-refractivity contribution in [2.45, 2.75) is 31.1 Å².